The number of benzene rings is 1. The maximum Gasteiger partial charge on any atom is 0.329 e. The maximum atomic E-state index is 12.5. The van der Waals surface area contributed by atoms with Crippen LogP contribution in [0.15, 0.2) is 24.3 Å². The fourth-order valence-corrected chi connectivity index (χ4v) is 3.89. The van der Waals surface area contributed by atoms with E-state index >= 15 is 0 Å². The Hall–Kier alpha value is -1.92. The summed E-state index contributed by atoms with van der Waals surface area (Å²) >= 11 is 0. The highest BCUT2D eigenvalue weighted by Crippen LogP contribution is 2.25. The number of amides is 1. The summed E-state index contributed by atoms with van der Waals surface area (Å²) < 4.78 is 5.34. The molecule has 0 bridgehead atoms. The molecule has 3 rings (SSSR count). The van der Waals surface area contributed by atoms with Crippen LogP contribution >= 0.6 is 0 Å². The van der Waals surface area contributed by atoms with Crippen molar-refractivity contribution in [1.29, 1.82) is 0 Å². The fourth-order valence-electron chi connectivity index (χ4n) is 3.89. The Morgan fingerprint density at radius 1 is 1.04 bits per heavy atom. The smallest absolute Gasteiger partial charge is 0.329 e. The summed E-state index contributed by atoms with van der Waals surface area (Å²) in [6, 6.07) is 8.15. The van der Waals surface area contributed by atoms with Crippen LogP contribution in [0, 0.1) is 0 Å². The minimum atomic E-state index is -0.937. The lowest BCUT2D eigenvalue weighted by Gasteiger charge is -2.28. The zero-order valence-electron chi connectivity index (χ0n) is 15.1. The number of rotatable bonds is 6. The molecule has 1 aliphatic carbocycles. The largest absolute Gasteiger partial charge is 0.480 e. The summed E-state index contributed by atoms with van der Waals surface area (Å²) in [4.78, 5) is 23.0. The molecule has 0 aromatic heterocycles. The molecular formula is C20H28N2O4. The predicted octanol–water partition coefficient (Wildman–Crippen LogP) is 2.30. The third-order valence-electron chi connectivity index (χ3n) is 5.44. The Labute approximate surface area is 154 Å². The minimum absolute atomic E-state index is 0.0106. The van der Waals surface area contributed by atoms with Crippen LogP contribution in [0.2, 0.25) is 0 Å². The van der Waals surface area contributed by atoms with E-state index in [1.807, 2.05) is 12.1 Å². The lowest BCUT2D eigenvalue weighted by molar-refractivity contribution is -0.145. The molecule has 6 heteroatoms. The van der Waals surface area contributed by atoms with Crippen molar-refractivity contribution in [1.82, 2.24) is 10.6 Å². The number of carboxylic acid groups (broad SMARTS) is 1. The van der Waals surface area contributed by atoms with Gasteiger partial charge in [0.1, 0.15) is 6.61 Å². The average Bonchev–Trinajstić information content (AvgIpc) is 2.68. The van der Waals surface area contributed by atoms with Crippen molar-refractivity contribution in [3.8, 4) is 0 Å². The van der Waals surface area contributed by atoms with Crippen molar-refractivity contribution in [2.75, 3.05) is 19.7 Å². The zero-order chi connectivity index (χ0) is 18.4. The predicted molar refractivity (Wildman–Crippen MR) is 98.4 cm³/mol. The van der Waals surface area contributed by atoms with Crippen LogP contribution in [-0.2, 0) is 9.53 Å². The van der Waals surface area contributed by atoms with Gasteiger partial charge < -0.3 is 20.5 Å². The van der Waals surface area contributed by atoms with E-state index in [0.717, 1.165) is 51.6 Å². The second-order valence-electron chi connectivity index (χ2n) is 7.30. The van der Waals surface area contributed by atoms with Gasteiger partial charge in [0, 0.05) is 11.6 Å². The van der Waals surface area contributed by atoms with Crippen LogP contribution in [0.5, 0.6) is 0 Å². The molecule has 0 radical (unpaired) electrons. The molecule has 2 aliphatic rings. The number of carbonyl (C=O) groups is 2. The van der Waals surface area contributed by atoms with E-state index in [1.54, 1.807) is 0 Å². The second-order valence-corrected chi connectivity index (χ2v) is 7.30. The molecule has 6 nitrogen and oxygen atoms in total. The molecule has 2 fully saturated rings. The van der Waals surface area contributed by atoms with Gasteiger partial charge in [-0.25, -0.2) is 4.79 Å². The monoisotopic (exact) mass is 360 g/mol. The minimum Gasteiger partial charge on any atom is -0.480 e. The summed E-state index contributed by atoms with van der Waals surface area (Å²) in [5.74, 6) is -0.375. The first-order chi connectivity index (χ1) is 12.6. The Balaban J connectivity index is 1.45. The van der Waals surface area contributed by atoms with E-state index in [4.69, 9.17) is 9.84 Å². The molecule has 3 N–H and O–H groups in total. The number of nitrogens with one attached hydrogen (secondary N) is 2. The molecule has 26 heavy (non-hydrogen) atoms. The van der Waals surface area contributed by atoms with Gasteiger partial charge in [-0.2, -0.15) is 0 Å². The maximum absolute atomic E-state index is 12.5. The first kappa shape index (κ1) is 18.9. The number of aliphatic carboxylic acids is 1. The molecule has 1 aromatic rings. The summed E-state index contributed by atoms with van der Waals surface area (Å²) in [6.45, 7) is 1.88. The van der Waals surface area contributed by atoms with Crippen molar-refractivity contribution in [3.63, 3.8) is 0 Å². The van der Waals surface area contributed by atoms with Crippen LogP contribution in [0.3, 0.4) is 0 Å². The highest BCUT2D eigenvalue weighted by molar-refractivity contribution is 5.94. The Morgan fingerprint density at radius 2 is 1.69 bits per heavy atom. The lowest BCUT2D eigenvalue weighted by atomic mass is 9.89. The Kier molecular flexibility index (Phi) is 6.63. The van der Waals surface area contributed by atoms with Gasteiger partial charge in [-0.05, 0) is 75.2 Å². The standard InChI is InChI=1S/C20H28N2O4/c23-19(24)13-26-18-7-5-17(6-8-18)22-20(25)16-3-1-14(2-4-16)15-9-11-21-12-10-15/h1-4,15,17-18,21H,5-13H2,(H,22,25)(H,23,24). The number of carbonyl (C=O) groups excluding carboxylic acids is 1. The van der Waals surface area contributed by atoms with Gasteiger partial charge in [0.05, 0.1) is 6.10 Å². The number of carboxylic acids is 1. The van der Waals surface area contributed by atoms with E-state index in [2.05, 4.69) is 22.8 Å². The first-order valence-corrected chi connectivity index (χ1v) is 9.57. The highest BCUT2D eigenvalue weighted by atomic mass is 16.5. The van der Waals surface area contributed by atoms with E-state index < -0.39 is 5.97 Å². The highest BCUT2D eigenvalue weighted by Gasteiger charge is 2.24. The molecule has 1 aromatic carbocycles. The normalized spacial score (nSPS) is 24.2. The van der Waals surface area contributed by atoms with Gasteiger partial charge in [0.2, 0.25) is 0 Å². The number of hydrogen-bond acceptors (Lipinski definition) is 4. The van der Waals surface area contributed by atoms with Gasteiger partial charge in [-0.3, -0.25) is 4.79 Å². The molecule has 0 unspecified atom stereocenters. The summed E-state index contributed by atoms with van der Waals surface area (Å²) in [5, 5.41) is 15.1. The SMILES string of the molecule is O=C(O)COC1CCC(NC(=O)c2ccc(C3CCNCC3)cc2)CC1. The van der Waals surface area contributed by atoms with Crippen LogP contribution in [0.1, 0.15) is 60.4 Å². The van der Waals surface area contributed by atoms with E-state index in [9.17, 15) is 9.59 Å². The Morgan fingerprint density at radius 3 is 2.31 bits per heavy atom. The van der Waals surface area contributed by atoms with Crippen molar-refractivity contribution < 1.29 is 19.4 Å². The lowest BCUT2D eigenvalue weighted by Crippen LogP contribution is -2.39. The van der Waals surface area contributed by atoms with Crippen LogP contribution in [0.4, 0.5) is 0 Å². The second kappa shape index (κ2) is 9.14. The molecule has 142 valence electrons. The summed E-state index contributed by atoms with van der Waals surface area (Å²) in [5.41, 5.74) is 2.02. The topological polar surface area (TPSA) is 87.7 Å². The number of piperidine rings is 1. The molecule has 1 amide bonds. The fraction of sp³-hybridized carbons (Fsp3) is 0.600. The molecule has 0 spiro atoms. The van der Waals surface area contributed by atoms with Crippen molar-refractivity contribution >= 4 is 11.9 Å². The van der Waals surface area contributed by atoms with E-state index in [1.165, 1.54) is 5.56 Å². The van der Waals surface area contributed by atoms with Crippen molar-refractivity contribution in [3.05, 3.63) is 35.4 Å². The zero-order valence-corrected chi connectivity index (χ0v) is 15.1. The molecule has 1 saturated carbocycles. The van der Waals surface area contributed by atoms with Crippen LogP contribution in [-0.4, -0.2) is 48.8 Å². The van der Waals surface area contributed by atoms with E-state index in [0.29, 0.717) is 11.5 Å². The van der Waals surface area contributed by atoms with Gasteiger partial charge in [-0.15, -0.1) is 0 Å². The average molecular weight is 360 g/mol. The molecule has 1 heterocycles. The number of ether oxygens (including phenoxy) is 1. The first-order valence-electron chi connectivity index (χ1n) is 9.57. The van der Waals surface area contributed by atoms with Crippen LogP contribution in [0.25, 0.3) is 0 Å². The van der Waals surface area contributed by atoms with Gasteiger partial charge in [0.25, 0.3) is 5.91 Å². The Bertz CT molecular complexity index is 603. The molecule has 0 atom stereocenters. The van der Waals surface area contributed by atoms with Crippen molar-refractivity contribution in [2.24, 2.45) is 0 Å². The third-order valence-corrected chi connectivity index (χ3v) is 5.44. The molecular weight excluding hydrogens is 332 g/mol. The van der Waals surface area contributed by atoms with Crippen LogP contribution < -0.4 is 10.6 Å². The number of hydrogen-bond donors (Lipinski definition) is 3. The quantitative estimate of drug-likeness (QED) is 0.724. The van der Waals surface area contributed by atoms with Gasteiger partial charge >= 0.3 is 5.97 Å². The summed E-state index contributed by atoms with van der Waals surface area (Å²) in [7, 11) is 0. The molecule has 1 aliphatic heterocycles. The van der Waals surface area contributed by atoms with Crippen molar-refractivity contribution in [2.45, 2.75) is 56.6 Å². The molecule has 1 saturated heterocycles. The van der Waals surface area contributed by atoms with Gasteiger partial charge in [0.15, 0.2) is 0 Å². The van der Waals surface area contributed by atoms with Gasteiger partial charge in [-0.1, -0.05) is 12.1 Å². The third kappa shape index (κ3) is 5.29. The van der Waals surface area contributed by atoms with E-state index in [-0.39, 0.29) is 24.7 Å². The summed E-state index contributed by atoms with van der Waals surface area (Å²) in [6.07, 6.45) is 5.51.